The number of aliphatic hydroxyl groups excluding tert-OH is 2. The molecule has 2 aliphatic rings. The molecule has 0 bridgehead atoms. The zero-order valence-corrected chi connectivity index (χ0v) is 25.6. The smallest absolute Gasteiger partial charge is 0.340 e. The van der Waals surface area contributed by atoms with Crippen LogP contribution in [0.1, 0.15) is 29.2 Å². The zero-order valence-electron chi connectivity index (χ0n) is 23.0. The van der Waals surface area contributed by atoms with E-state index in [-0.39, 0.29) is 22.8 Å². The van der Waals surface area contributed by atoms with Gasteiger partial charge in [0.25, 0.3) is 0 Å². The van der Waals surface area contributed by atoms with Gasteiger partial charge in [-0.1, -0.05) is 60.7 Å². The number of imidazole rings is 1. The summed E-state index contributed by atoms with van der Waals surface area (Å²) in [5.74, 6) is -0.613. The highest BCUT2D eigenvalue weighted by atomic mass is 35.5. The molecule has 4 aromatic rings. The number of nitrogens with zero attached hydrogens (tertiary/aromatic N) is 5. The Balaban J connectivity index is 1.28. The van der Waals surface area contributed by atoms with E-state index in [0.717, 1.165) is 0 Å². The molecule has 14 nitrogen and oxygen atoms in total. The molecule has 0 radical (unpaired) electrons. The van der Waals surface area contributed by atoms with Crippen molar-refractivity contribution < 1.29 is 43.3 Å². The number of anilines is 1. The minimum Gasteiger partial charge on any atom is -0.387 e. The van der Waals surface area contributed by atoms with Gasteiger partial charge in [0.1, 0.15) is 18.3 Å². The standard InChI is InChI=1S/C27H30ClN5O9P2/c28-27-30-24(32-11-18(16-7-3-1-4-8-16)19(12-32)17-9-5-2-6-10-17)21-25(31-27)33(14-29-21)26-23(35)22(34)20(42-26)13-41-44(39,40)15-43(36,37)38/h1-10,14,18-20,22-23,26,34-35H,11-13,15H2,(H,39,40)(H2,36,37,38)/t18?,19?,20-,22-,23-,26-/m1/s1. The Labute approximate surface area is 256 Å². The molecule has 6 rings (SSSR count). The number of rotatable bonds is 9. The fourth-order valence-electron chi connectivity index (χ4n) is 5.90. The Morgan fingerprint density at radius 3 is 2.07 bits per heavy atom. The fraction of sp³-hybridized carbons (Fsp3) is 0.370. The quantitative estimate of drug-likeness (QED) is 0.129. The number of fused-ring (bicyclic) bond motifs is 1. The zero-order chi connectivity index (χ0) is 31.2. The minimum absolute atomic E-state index is 0.0692. The molecule has 44 heavy (non-hydrogen) atoms. The highest BCUT2D eigenvalue weighted by Gasteiger charge is 2.46. The third kappa shape index (κ3) is 6.47. The maximum atomic E-state index is 12.1. The third-order valence-corrected chi connectivity index (χ3v) is 11.5. The second-order valence-corrected chi connectivity index (χ2v) is 15.2. The SMILES string of the molecule is O=P(O)(O)CP(=O)(O)OC[C@H]1O[C@@H](n2cnc3c(N4CC(c5ccccc5)C(c5ccccc5)C4)nc(Cl)nc32)[C@H](O)[C@@H]1O. The first-order valence-corrected chi connectivity index (χ1v) is 17.6. The van der Waals surface area contributed by atoms with Gasteiger partial charge in [-0.15, -0.1) is 0 Å². The largest absolute Gasteiger partial charge is 0.387 e. The maximum Gasteiger partial charge on any atom is 0.340 e. The molecule has 2 fully saturated rings. The molecule has 234 valence electrons. The Hall–Kier alpha value is -2.74. The van der Waals surface area contributed by atoms with Gasteiger partial charge in [0, 0.05) is 24.9 Å². The van der Waals surface area contributed by atoms with E-state index in [1.165, 1.54) is 22.0 Å². The van der Waals surface area contributed by atoms with Gasteiger partial charge in [-0.3, -0.25) is 13.7 Å². The molecular formula is C27H30ClN5O9P2. The van der Waals surface area contributed by atoms with E-state index in [2.05, 4.69) is 44.1 Å². The van der Waals surface area contributed by atoms with E-state index in [0.29, 0.717) is 24.4 Å². The molecule has 2 aliphatic heterocycles. The summed E-state index contributed by atoms with van der Waals surface area (Å²) >= 11 is 6.41. The van der Waals surface area contributed by atoms with Crippen LogP contribution in [0.3, 0.4) is 0 Å². The molecular weight excluding hydrogens is 636 g/mol. The van der Waals surface area contributed by atoms with E-state index in [1.54, 1.807) is 0 Å². The number of aliphatic hydroxyl groups is 2. The van der Waals surface area contributed by atoms with Crippen molar-refractivity contribution in [3.8, 4) is 0 Å². The number of halogens is 1. The maximum absolute atomic E-state index is 12.1. The molecule has 0 saturated carbocycles. The van der Waals surface area contributed by atoms with Gasteiger partial charge in [0.05, 0.1) is 12.9 Å². The van der Waals surface area contributed by atoms with Crippen LogP contribution < -0.4 is 4.90 Å². The summed E-state index contributed by atoms with van der Waals surface area (Å²) in [7, 11) is -9.56. The lowest BCUT2D eigenvalue weighted by Crippen LogP contribution is -2.33. The average Bonchev–Trinajstić information content (AvgIpc) is 3.68. The molecule has 5 N–H and O–H groups in total. The Kier molecular flexibility index (Phi) is 8.68. The van der Waals surface area contributed by atoms with Crippen molar-refractivity contribution in [1.82, 2.24) is 19.5 Å². The first-order chi connectivity index (χ1) is 20.9. The summed E-state index contributed by atoms with van der Waals surface area (Å²) in [6.45, 7) is 0.524. The molecule has 0 aliphatic carbocycles. The van der Waals surface area contributed by atoms with Gasteiger partial charge in [-0.2, -0.15) is 9.97 Å². The van der Waals surface area contributed by atoms with Crippen LogP contribution in [-0.4, -0.2) is 88.3 Å². The van der Waals surface area contributed by atoms with Crippen LogP contribution in [-0.2, 0) is 18.4 Å². The van der Waals surface area contributed by atoms with Crippen LogP contribution in [0.25, 0.3) is 11.2 Å². The van der Waals surface area contributed by atoms with Gasteiger partial charge in [-0.25, -0.2) is 4.98 Å². The first kappa shape index (κ1) is 31.3. The summed E-state index contributed by atoms with van der Waals surface area (Å²) in [6.07, 6.45) is -4.28. The van der Waals surface area contributed by atoms with Crippen LogP contribution in [0.2, 0.25) is 5.28 Å². The number of ether oxygens (including phenoxy) is 1. The summed E-state index contributed by atoms with van der Waals surface area (Å²) in [6, 6.07) is 20.4. The van der Waals surface area contributed by atoms with Crippen LogP contribution >= 0.6 is 26.8 Å². The lowest BCUT2D eigenvalue weighted by molar-refractivity contribution is -0.0483. The monoisotopic (exact) mass is 665 g/mol. The molecule has 4 heterocycles. The predicted octanol–water partition coefficient (Wildman–Crippen LogP) is 2.82. The van der Waals surface area contributed by atoms with Crippen molar-refractivity contribution in [3.05, 3.63) is 83.4 Å². The molecule has 0 spiro atoms. The molecule has 0 amide bonds. The van der Waals surface area contributed by atoms with Crippen LogP contribution in [0, 0.1) is 0 Å². The number of aromatic nitrogens is 4. The normalized spacial score (nSPS) is 27.2. The van der Waals surface area contributed by atoms with Gasteiger partial charge in [0.15, 0.2) is 29.1 Å². The third-order valence-electron chi connectivity index (χ3n) is 7.87. The summed E-state index contributed by atoms with van der Waals surface area (Å²) < 4.78 is 35.2. The van der Waals surface area contributed by atoms with Crippen molar-refractivity contribution in [1.29, 1.82) is 0 Å². The van der Waals surface area contributed by atoms with Crippen LogP contribution in [0.4, 0.5) is 5.82 Å². The van der Waals surface area contributed by atoms with E-state index in [9.17, 15) is 24.2 Å². The van der Waals surface area contributed by atoms with Crippen molar-refractivity contribution in [3.63, 3.8) is 0 Å². The minimum atomic E-state index is -4.85. The van der Waals surface area contributed by atoms with Gasteiger partial charge >= 0.3 is 15.2 Å². The van der Waals surface area contributed by atoms with E-state index in [1.807, 2.05) is 36.4 Å². The topological polar surface area (TPSA) is 201 Å². The van der Waals surface area contributed by atoms with Gasteiger partial charge in [-0.05, 0) is 22.7 Å². The van der Waals surface area contributed by atoms with Crippen molar-refractivity contribution in [2.24, 2.45) is 0 Å². The highest BCUT2D eigenvalue weighted by molar-refractivity contribution is 7.70. The Morgan fingerprint density at radius 2 is 1.50 bits per heavy atom. The Bertz CT molecular complexity index is 1680. The molecule has 17 heteroatoms. The van der Waals surface area contributed by atoms with Gasteiger partial charge < -0.3 is 39.1 Å². The van der Waals surface area contributed by atoms with E-state index >= 15 is 0 Å². The molecule has 3 unspecified atom stereocenters. The second kappa shape index (κ2) is 12.2. The van der Waals surface area contributed by atoms with Crippen molar-refractivity contribution >= 4 is 43.8 Å². The molecule has 2 saturated heterocycles. The Morgan fingerprint density at radius 1 is 0.909 bits per heavy atom. The highest BCUT2D eigenvalue weighted by Crippen LogP contribution is 2.55. The van der Waals surface area contributed by atoms with E-state index in [4.69, 9.17) is 30.6 Å². The van der Waals surface area contributed by atoms with Crippen LogP contribution in [0.5, 0.6) is 0 Å². The summed E-state index contributed by atoms with van der Waals surface area (Å²) in [4.78, 5) is 43.3. The fourth-order valence-corrected chi connectivity index (χ4v) is 8.62. The van der Waals surface area contributed by atoms with Crippen LogP contribution in [0.15, 0.2) is 67.0 Å². The lowest BCUT2D eigenvalue weighted by Gasteiger charge is -2.19. The number of hydrogen-bond donors (Lipinski definition) is 5. The average molecular weight is 666 g/mol. The summed E-state index contributed by atoms with van der Waals surface area (Å²) in [5, 5.41) is 21.4. The summed E-state index contributed by atoms with van der Waals surface area (Å²) in [5.41, 5.74) is 2.99. The van der Waals surface area contributed by atoms with E-state index < -0.39 is 52.2 Å². The van der Waals surface area contributed by atoms with Crippen molar-refractivity contribution in [2.45, 2.75) is 36.4 Å². The number of benzene rings is 2. The van der Waals surface area contributed by atoms with Gasteiger partial charge in [0.2, 0.25) is 5.28 Å². The number of hydrogen-bond acceptors (Lipinski definition) is 10. The lowest BCUT2D eigenvalue weighted by atomic mass is 9.84. The predicted molar refractivity (Wildman–Crippen MR) is 160 cm³/mol. The molecule has 2 aromatic heterocycles. The van der Waals surface area contributed by atoms with Crippen molar-refractivity contribution in [2.75, 3.05) is 30.5 Å². The second-order valence-electron chi connectivity index (χ2n) is 10.9. The molecule has 7 atom stereocenters. The first-order valence-electron chi connectivity index (χ1n) is 13.7. The molecule has 2 aromatic carbocycles.